The molecule has 1 N–H and O–H groups in total. The van der Waals surface area contributed by atoms with Gasteiger partial charge in [0.15, 0.2) is 0 Å². The Kier molecular flexibility index (Phi) is 4.80. The Morgan fingerprint density at radius 1 is 1.04 bits per heavy atom. The van der Waals surface area contributed by atoms with Crippen LogP contribution in [0.5, 0.6) is 0 Å². The third-order valence-electron chi connectivity index (χ3n) is 5.08. The highest BCUT2D eigenvalue weighted by Crippen LogP contribution is 2.22. The molecule has 5 heteroatoms. The van der Waals surface area contributed by atoms with Crippen LogP contribution in [-0.2, 0) is 6.42 Å². The molecule has 3 aromatic rings. The Balaban J connectivity index is 1.81. The number of hydrogen-bond acceptors (Lipinski definition) is 3. The Morgan fingerprint density at radius 2 is 1.81 bits per heavy atom. The van der Waals surface area contributed by atoms with Gasteiger partial charge in [0.05, 0.1) is 17.1 Å². The standard InChI is InChI=1S/C21H22FN3O/c22-16-9-7-15(8-10-16)14-20-18-5-1-2-6-19(18)21(26)25(24-20)17-4-3-12-23-13-11-17/h1-2,5-10,17,23H,3-4,11-14H2/t17-/m0/s1. The van der Waals surface area contributed by atoms with E-state index < -0.39 is 0 Å². The highest BCUT2D eigenvalue weighted by Gasteiger charge is 2.19. The molecule has 1 aromatic heterocycles. The molecule has 1 aliphatic rings. The summed E-state index contributed by atoms with van der Waals surface area (Å²) >= 11 is 0. The molecule has 4 nitrogen and oxygen atoms in total. The van der Waals surface area contributed by atoms with E-state index in [0.717, 1.165) is 49.0 Å². The predicted octanol–water partition coefficient (Wildman–Crippen LogP) is 3.44. The summed E-state index contributed by atoms with van der Waals surface area (Å²) in [7, 11) is 0. The van der Waals surface area contributed by atoms with Gasteiger partial charge in [-0.25, -0.2) is 9.07 Å². The number of benzene rings is 2. The van der Waals surface area contributed by atoms with Crippen LogP contribution in [0.25, 0.3) is 10.8 Å². The van der Waals surface area contributed by atoms with Crippen molar-refractivity contribution in [2.45, 2.75) is 31.7 Å². The van der Waals surface area contributed by atoms with Crippen LogP contribution >= 0.6 is 0 Å². The van der Waals surface area contributed by atoms with Gasteiger partial charge in [-0.15, -0.1) is 0 Å². The number of nitrogens with one attached hydrogen (secondary N) is 1. The predicted molar refractivity (Wildman–Crippen MR) is 101 cm³/mol. The monoisotopic (exact) mass is 351 g/mol. The first-order valence-electron chi connectivity index (χ1n) is 9.18. The van der Waals surface area contributed by atoms with E-state index in [0.29, 0.717) is 11.8 Å². The normalized spacial score (nSPS) is 18.0. The largest absolute Gasteiger partial charge is 0.317 e. The Hall–Kier alpha value is -2.53. The third kappa shape index (κ3) is 3.40. The number of fused-ring (bicyclic) bond motifs is 1. The summed E-state index contributed by atoms with van der Waals surface area (Å²) in [5.41, 5.74) is 1.83. The van der Waals surface area contributed by atoms with Crippen LogP contribution in [0.15, 0.2) is 53.3 Å². The zero-order valence-electron chi connectivity index (χ0n) is 14.6. The van der Waals surface area contributed by atoms with Gasteiger partial charge in [0.2, 0.25) is 0 Å². The van der Waals surface area contributed by atoms with Crippen LogP contribution in [-0.4, -0.2) is 22.9 Å². The number of halogens is 1. The summed E-state index contributed by atoms with van der Waals surface area (Å²) in [5, 5.41) is 9.74. The molecule has 0 amide bonds. The Morgan fingerprint density at radius 3 is 2.62 bits per heavy atom. The summed E-state index contributed by atoms with van der Waals surface area (Å²) in [5.74, 6) is -0.248. The molecule has 2 aromatic carbocycles. The molecule has 0 spiro atoms. The molecule has 0 radical (unpaired) electrons. The molecule has 0 saturated carbocycles. The lowest BCUT2D eigenvalue weighted by Crippen LogP contribution is -2.29. The summed E-state index contributed by atoms with van der Waals surface area (Å²) in [6, 6.07) is 14.2. The number of aromatic nitrogens is 2. The second-order valence-electron chi connectivity index (χ2n) is 6.88. The molecule has 134 valence electrons. The highest BCUT2D eigenvalue weighted by atomic mass is 19.1. The van der Waals surface area contributed by atoms with Crippen LogP contribution < -0.4 is 10.9 Å². The highest BCUT2D eigenvalue weighted by molar-refractivity contribution is 5.83. The first-order valence-corrected chi connectivity index (χ1v) is 9.18. The van der Waals surface area contributed by atoms with Crippen molar-refractivity contribution in [2.75, 3.05) is 13.1 Å². The van der Waals surface area contributed by atoms with Gasteiger partial charge in [0, 0.05) is 11.8 Å². The molecular formula is C21H22FN3O. The van der Waals surface area contributed by atoms with Crippen LogP contribution in [0, 0.1) is 5.82 Å². The molecule has 1 aliphatic heterocycles. The van der Waals surface area contributed by atoms with Crippen molar-refractivity contribution in [1.29, 1.82) is 0 Å². The Bertz CT molecular complexity index is 957. The van der Waals surface area contributed by atoms with Gasteiger partial charge in [-0.1, -0.05) is 30.3 Å². The van der Waals surface area contributed by atoms with Crippen LogP contribution in [0.3, 0.4) is 0 Å². The van der Waals surface area contributed by atoms with E-state index in [-0.39, 0.29) is 17.4 Å². The number of nitrogens with zero attached hydrogens (tertiary/aromatic N) is 2. The maximum absolute atomic E-state index is 13.2. The molecule has 0 aliphatic carbocycles. The lowest BCUT2D eigenvalue weighted by molar-refractivity contribution is 0.395. The molecule has 4 rings (SSSR count). The van der Waals surface area contributed by atoms with E-state index in [1.54, 1.807) is 16.8 Å². The van der Waals surface area contributed by atoms with Gasteiger partial charge in [-0.2, -0.15) is 5.10 Å². The fourth-order valence-electron chi connectivity index (χ4n) is 3.69. The Labute approximate surface area is 151 Å². The van der Waals surface area contributed by atoms with Gasteiger partial charge < -0.3 is 5.32 Å². The molecule has 0 unspecified atom stereocenters. The molecule has 1 atom stereocenters. The lowest BCUT2D eigenvalue weighted by atomic mass is 10.0. The van der Waals surface area contributed by atoms with Gasteiger partial charge in [0.1, 0.15) is 5.82 Å². The van der Waals surface area contributed by atoms with E-state index in [9.17, 15) is 9.18 Å². The molecule has 26 heavy (non-hydrogen) atoms. The van der Waals surface area contributed by atoms with Gasteiger partial charge >= 0.3 is 0 Å². The van der Waals surface area contributed by atoms with Gasteiger partial charge in [-0.3, -0.25) is 4.79 Å². The fraction of sp³-hybridized carbons (Fsp3) is 0.333. The van der Waals surface area contributed by atoms with Crippen molar-refractivity contribution in [3.8, 4) is 0 Å². The quantitative estimate of drug-likeness (QED) is 0.786. The summed E-state index contributed by atoms with van der Waals surface area (Å²) in [6.45, 7) is 1.89. The van der Waals surface area contributed by atoms with E-state index in [1.807, 2.05) is 24.3 Å². The maximum Gasteiger partial charge on any atom is 0.274 e. The fourth-order valence-corrected chi connectivity index (χ4v) is 3.69. The molecule has 2 heterocycles. The van der Waals surface area contributed by atoms with E-state index >= 15 is 0 Å². The second-order valence-corrected chi connectivity index (χ2v) is 6.88. The molecule has 1 saturated heterocycles. The van der Waals surface area contributed by atoms with Gasteiger partial charge in [-0.05, 0) is 56.1 Å². The van der Waals surface area contributed by atoms with Crippen molar-refractivity contribution in [3.05, 3.63) is 76.0 Å². The molecular weight excluding hydrogens is 329 g/mol. The molecule has 1 fully saturated rings. The summed E-state index contributed by atoms with van der Waals surface area (Å²) in [6.07, 6.45) is 3.47. The van der Waals surface area contributed by atoms with Crippen molar-refractivity contribution in [2.24, 2.45) is 0 Å². The average Bonchev–Trinajstić information content (AvgIpc) is 2.95. The molecule has 0 bridgehead atoms. The number of rotatable bonds is 3. The maximum atomic E-state index is 13.2. The van der Waals surface area contributed by atoms with Crippen molar-refractivity contribution in [3.63, 3.8) is 0 Å². The first kappa shape index (κ1) is 16.9. The minimum absolute atomic E-state index is 0.0182. The smallest absolute Gasteiger partial charge is 0.274 e. The van der Waals surface area contributed by atoms with Gasteiger partial charge in [0.25, 0.3) is 5.56 Å². The zero-order valence-corrected chi connectivity index (χ0v) is 14.6. The third-order valence-corrected chi connectivity index (χ3v) is 5.08. The van der Waals surface area contributed by atoms with E-state index in [1.165, 1.54) is 12.1 Å². The van der Waals surface area contributed by atoms with Crippen molar-refractivity contribution >= 4 is 10.8 Å². The van der Waals surface area contributed by atoms with Crippen LogP contribution in [0.2, 0.25) is 0 Å². The second kappa shape index (κ2) is 7.38. The minimum atomic E-state index is -0.248. The average molecular weight is 351 g/mol. The van der Waals surface area contributed by atoms with Crippen molar-refractivity contribution in [1.82, 2.24) is 15.1 Å². The number of hydrogen-bond donors (Lipinski definition) is 1. The lowest BCUT2D eigenvalue weighted by Gasteiger charge is -2.18. The van der Waals surface area contributed by atoms with Crippen molar-refractivity contribution < 1.29 is 4.39 Å². The first-order chi connectivity index (χ1) is 12.7. The zero-order chi connectivity index (χ0) is 17.9. The minimum Gasteiger partial charge on any atom is -0.317 e. The van der Waals surface area contributed by atoms with Crippen LogP contribution in [0.4, 0.5) is 4.39 Å². The summed E-state index contributed by atoms with van der Waals surface area (Å²) < 4.78 is 14.9. The van der Waals surface area contributed by atoms with Crippen LogP contribution in [0.1, 0.15) is 36.6 Å². The topological polar surface area (TPSA) is 46.9 Å². The van der Waals surface area contributed by atoms with E-state index in [2.05, 4.69) is 5.32 Å². The van der Waals surface area contributed by atoms with E-state index in [4.69, 9.17) is 5.10 Å². The summed E-state index contributed by atoms with van der Waals surface area (Å²) in [4.78, 5) is 13.0. The SMILES string of the molecule is O=c1c2ccccc2c(Cc2ccc(F)cc2)nn1[C@H]1CCCNCC1.